The molecule has 0 unspecified atom stereocenters. The third kappa shape index (κ3) is 10.8. The van der Waals surface area contributed by atoms with Gasteiger partial charge in [0.2, 0.25) is 23.6 Å². The van der Waals surface area contributed by atoms with Gasteiger partial charge in [-0.15, -0.1) is 16.4 Å². The van der Waals surface area contributed by atoms with E-state index in [1.165, 1.54) is 11.0 Å². The van der Waals surface area contributed by atoms with E-state index in [4.69, 9.17) is 10.1 Å². The first-order valence-electron chi connectivity index (χ1n) is 23.8. The maximum Gasteiger partial charge on any atom is 0.246 e. The molecule has 3 saturated heterocycles. The third-order valence-electron chi connectivity index (χ3n) is 13.3. The number of hydrogen-bond donors (Lipinski definition) is 4. The molecule has 4 amide bonds. The third-order valence-corrected chi connectivity index (χ3v) is 14.3. The van der Waals surface area contributed by atoms with E-state index in [0.717, 1.165) is 64.0 Å². The zero-order valence-corrected chi connectivity index (χ0v) is 40.7. The number of carbonyl (C=O) groups is 4. The Morgan fingerprint density at radius 2 is 1.69 bits per heavy atom. The monoisotopic (exact) mass is 970 g/mol. The van der Waals surface area contributed by atoms with E-state index < -0.39 is 41.3 Å². The Morgan fingerprint density at radius 3 is 2.43 bits per heavy atom. The molecule has 17 nitrogen and oxygen atoms in total. The van der Waals surface area contributed by atoms with Crippen LogP contribution in [0.5, 0.6) is 0 Å². The number of benzene rings is 2. The maximum atomic E-state index is 14.2. The van der Waals surface area contributed by atoms with Crippen molar-refractivity contribution >= 4 is 52.2 Å². The predicted octanol–water partition coefficient (Wildman–Crippen LogP) is 4.75. The number of hydrogen-bond acceptors (Lipinski definition) is 13. The SMILES string of the molecule is Cc1ncsc1-c1ccc(CNC(=O)[C@@H]2C[C@@H](O)CN2C(=O)[C@@H](NC(=O)CNC(=O)CN2CCN(c3cccc(-c4cnc5ccc(N6CCC[C@@H]6c6cccc(F)c6)nn45)n3)CC2)C(C)(C)C)cc1. The van der Waals surface area contributed by atoms with Gasteiger partial charge in [0.15, 0.2) is 5.65 Å². The zero-order valence-electron chi connectivity index (χ0n) is 39.8. The summed E-state index contributed by atoms with van der Waals surface area (Å²) in [5.41, 5.74) is 7.01. The molecule has 6 aromatic rings. The largest absolute Gasteiger partial charge is 0.391 e. The first-order chi connectivity index (χ1) is 33.7. The number of fused-ring (bicyclic) bond motifs is 1. The number of rotatable bonds is 14. The molecule has 4 atom stereocenters. The summed E-state index contributed by atoms with van der Waals surface area (Å²) in [5.74, 6) is -0.423. The van der Waals surface area contributed by atoms with E-state index in [9.17, 15) is 28.7 Å². The number of nitrogens with zero attached hydrogens (tertiary/aromatic N) is 9. The molecule has 7 heterocycles. The number of piperazine rings is 1. The lowest BCUT2D eigenvalue weighted by Crippen LogP contribution is -2.59. The Kier molecular flexibility index (Phi) is 14.2. The highest BCUT2D eigenvalue weighted by atomic mass is 32.1. The molecule has 70 heavy (non-hydrogen) atoms. The number of thiazole rings is 1. The fourth-order valence-corrected chi connectivity index (χ4v) is 10.4. The number of aliphatic hydroxyl groups excluding tert-OH is 1. The van der Waals surface area contributed by atoms with Crippen molar-refractivity contribution in [2.24, 2.45) is 5.41 Å². The molecule has 3 aliphatic heterocycles. The number of likely N-dealkylation sites (tertiary alicyclic amines) is 1. The average Bonchev–Trinajstić information content (AvgIpc) is 4.19. The second-order valence-electron chi connectivity index (χ2n) is 19.4. The van der Waals surface area contributed by atoms with Gasteiger partial charge in [-0.2, -0.15) is 0 Å². The van der Waals surface area contributed by atoms with Crippen LogP contribution < -0.4 is 25.8 Å². The Labute approximate surface area is 410 Å². The van der Waals surface area contributed by atoms with Crippen molar-refractivity contribution in [3.05, 3.63) is 113 Å². The maximum absolute atomic E-state index is 14.2. The highest BCUT2D eigenvalue weighted by Gasteiger charge is 2.44. The van der Waals surface area contributed by atoms with Gasteiger partial charge in [0.25, 0.3) is 0 Å². The van der Waals surface area contributed by atoms with Gasteiger partial charge in [-0.25, -0.2) is 23.9 Å². The number of halogens is 1. The second-order valence-corrected chi connectivity index (χ2v) is 20.2. The van der Waals surface area contributed by atoms with Crippen molar-refractivity contribution < 1.29 is 28.7 Å². The summed E-state index contributed by atoms with van der Waals surface area (Å²) in [4.78, 5) is 76.9. The van der Waals surface area contributed by atoms with Crippen molar-refractivity contribution in [3.8, 4) is 21.8 Å². The van der Waals surface area contributed by atoms with Gasteiger partial charge in [0.1, 0.15) is 35.2 Å². The molecule has 0 aliphatic carbocycles. The Bertz CT molecular complexity index is 2860. The van der Waals surface area contributed by atoms with Gasteiger partial charge < -0.3 is 35.8 Å². The molecule has 3 aliphatic rings. The molecule has 4 N–H and O–H groups in total. The molecule has 366 valence electrons. The molecular formula is C51H59FN12O5S. The summed E-state index contributed by atoms with van der Waals surface area (Å²) < 4.78 is 16.0. The summed E-state index contributed by atoms with van der Waals surface area (Å²) in [6.45, 7) is 10.6. The molecule has 3 fully saturated rings. The van der Waals surface area contributed by atoms with Gasteiger partial charge in [0, 0.05) is 52.2 Å². The molecule has 9 rings (SSSR count). The number of nitrogens with one attached hydrogen (secondary N) is 3. The highest BCUT2D eigenvalue weighted by molar-refractivity contribution is 7.13. The smallest absolute Gasteiger partial charge is 0.246 e. The number of imidazole rings is 1. The topological polar surface area (TPSA) is 194 Å². The van der Waals surface area contributed by atoms with Crippen LogP contribution in [0.15, 0.2) is 90.6 Å². The van der Waals surface area contributed by atoms with Crippen LogP contribution in [0.1, 0.15) is 62.9 Å². The Balaban J connectivity index is 0.752. The van der Waals surface area contributed by atoms with Crippen molar-refractivity contribution in [3.63, 3.8) is 0 Å². The number of aliphatic hydroxyl groups is 1. The van der Waals surface area contributed by atoms with Gasteiger partial charge in [-0.3, -0.25) is 24.1 Å². The molecular weight excluding hydrogens is 912 g/mol. The van der Waals surface area contributed by atoms with E-state index in [1.807, 2.05) is 103 Å². The van der Waals surface area contributed by atoms with Crippen LogP contribution in [0.25, 0.3) is 27.5 Å². The van der Waals surface area contributed by atoms with Crippen LogP contribution in [-0.4, -0.2) is 134 Å². The van der Waals surface area contributed by atoms with Crippen LogP contribution in [-0.2, 0) is 25.7 Å². The summed E-state index contributed by atoms with van der Waals surface area (Å²) in [6.07, 6.45) is 2.82. The molecule has 0 radical (unpaired) electrons. The van der Waals surface area contributed by atoms with Gasteiger partial charge >= 0.3 is 0 Å². The van der Waals surface area contributed by atoms with Gasteiger partial charge in [0.05, 0.1) is 53.2 Å². The standard InChI is InChI=1S/C51H59FN12O5S/c1-32-47(70-31-56-32)34-15-13-33(14-16-34)26-55-49(68)40-25-37(65)29-63(40)50(69)48(51(2,3)4)58-45(66)28-54-46(67)30-60-20-22-61(23-21-60)43-12-6-10-38(57-43)41-27-53-42-17-18-44(59-64(41)42)62-19-7-11-39(62)35-8-5-9-36(52)24-35/h5-6,8-10,12-18,24,27,31,37,39-40,48,65H,7,11,19-23,25-26,28-30H2,1-4H3,(H,54,67)(H,55,68)(H,58,66)/t37-,39-,40+,48-/m1/s1. The summed E-state index contributed by atoms with van der Waals surface area (Å²) in [7, 11) is 0. The van der Waals surface area contributed by atoms with E-state index >= 15 is 0 Å². The number of β-amino-alcohol motifs (C(OH)–C–C–N with tert-alkyl or cyclic N) is 1. The van der Waals surface area contributed by atoms with Crippen LogP contribution in [0.3, 0.4) is 0 Å². The minimum absolute atomic E-state index is 0.0252. The van der Waals surface area contributed by atoms with E-state index in [-0.39, 0.29) is 50.4 Å². The van der Waals surface area contributed by atoms with Crippen molar-refractivity contribution in [2.45, 2.75) is 77.7 Å². The minimum atomic E-state index is -1.03. The zero-order chi connectivity index (χ0) is 49.1. The second kappa shape index (κ2) is 20.6. The van der Waals surface area contributed by atoms with Crippen LogP contribution in [0.4, 0.5) is 16.0 Å². The Morgan fingerprint density at radius 1 is 0.900 bits per heavy atom. The number of pyridine rings is 1. The number of amides is 4. The summed E-state index contributed by atoms with van der Waals surface area (Å²) in [5, 5.41) is 24.1. The fourth-order valence-electron chi connectivity index (χ4n) is 9.60. The molecule has 2 aromatic carbocycles. The summed E-state index contributed by atoms with van der Waals surface area (Å²) in [6, 6.07) is 22.4. The van der Waals surface area contributed by atoms with Crippen molar-refractivity contribution in [1.29, 1.82) is 0 Å². The lowest BCUT2D eigenvalue weighted by atomic mass is 9.85. The molecule has 0 bridgehead atoms. The lowest BCUT2D eigenvalue weighted by Gasteiger charge is -2.35. The number of aromatic nitrogens is 5. The van der Waals surface area contributed by atoms with Crippen molar-refractivity contribution in [2.75, 3.05) is 62.2 Å². The molecule has 0 spiro atoms. The van der Waals surface area contributed by atoms with Crippen molar-refractivity contribution in [1.82, 2.24) is 50.3 Å². The van der Waals surface area contributed by atoms with Crippen LogP contribution in [0, 0.1) is 18.2 Å². The first kappa shape index (κ1) is 48.2. The predicted molar refractivity (Wildman–Crippen MR) is 265 cm³/mol. The van der Waals surface area contributed by atoms with Crippen LogP contribution >= 0.6 is 11.3 Å². The number of anilines is 2. The van der Waals surface area contributed by atoms with Gasteiger partial charge in [-0.1, -0.05) is 63.2 Å². The van der Waals surface area contributed by atoms with E-state index in [0.29, 0.717) is 37.5 Å². The van der Waals surface area contributed by atoms with E-state index in [1.54, 1.807) is 29.7 Å². The first-order valence-corrected chi connectivity index (χ1v) is 24.7. The van der Waals surface area contributed by atoms with Crippen LogP contribution in [0.2, 0.25) is 0 Å². The fraction of sp³-hybridized carbons (Fsp3) is 0.412. The van der Waals surface area contributed by atoms with E-state index in [2.05, 4.69) is 35.7 Å². The lowest BCUT2D eigenvalue weighted by molar-refractivity contribution is -0.144. The highest BCUT2D eigenvalue weighted by Crippen LogP contribution is 2.36. The number of carbonyl (C=O) groups excluding carboxylic acids is 4. The molecule has 19 heteroatoms. The number of aryl methyl sites for hydroxylation is 1. The Hall–Kier alpha value is -6.83. The van der Waals surface area contributed by atoms with Gasteiger partial charge in [-0.05, 0) is 78.3 Å². The molecule has 4 aromatic heterocycles. The summed E-state index contributed by atoms with van der Waals surface area (Å²) >= 11 is 1.57. The normalized spacial score (nSPS) is 19.1. The minimum Gasteiger partial charge on any atom is -0.391 e. The average molecular weight is 971 g/mol. The quantitative estimate of drug-likeness (QED) is 0.117. The molecule has 0 saturated carbocycles.